The first-order valence-electron chi connectivity index (χ1n) is 9.10. The molecule has 2 aromatic rings. The second-order valence-corrected chi connectivity index (χ2v) is 7.14. The predicted molar refractivity (Wildman–Crippen MR) is 111 cm³/mol. The van der Waals surface area contributed by atoms with Gasteiger partial charge in [0.15, 0.2) is 0 Å². The lowest BCUT2D eigenvalue weighted by Crippen LogP contribution is -2.18. The van der Waals surface area contributed by atoms with Crippen molar-refractivity contribution in [2.75, 3.05) is 17.2 Å². The number of hydrogen-bond acceptors (Lipinski definition) is 3. The third-order valence-corrected chi connectivity index (χ3v) is 4.25. The summed E-state index contributed by atoms with van der Waals surface area (Å²) in [6.45, 7) is 7.48. The minimum Gasteiger partial charge on any atom is -0.326 e. The summed E-state index contributed by atoms with van der Waals surface area (Å²) in [6, 6.07) is 12.5. The van der Waals surface area contributed by atoms with Gasteiger partial charge < -0.3 is 16.0 Å². The van der Waals surface area contributed by atoms with Crippen LogP contribution < -0.4 is 16.0 Å². The first kappa shape index (κ1) is 20.9. The second-order valence-electron chi connectivity index (χ2n) is 6.73. The molecule has 144 valence electrons. The van der Waals surface area contributed by atoms with E-state index in [9.17, 15) is 9.59 Å². The van der Waals surface area contributed by atoms with Crippen molar-refractivity contribution >= 4 is 34.8 Å². The molecule has 0 radical (unpaired) electrons. The van der Waals surface area contributed by atoms with Gasteiger partial charge in [0.1, 0.15) is 0 Å². The van der Waals surface area contributed by atoms with Crippen LogP contribution in [0, 0.1) is 5.92 Å². The number of amides is 2. The number of carbonyl (C=O) groups is 2. The van der Waals surface area contributed by atoms with Gasteiger partial charge in [0.25, 0.3) is 5.91 Å². The maximum absolute atomic E-state index is 12.7. The molecule has 27 heavy (non-hydrogen) atoms. The Morgan fingerprint density at radius 1 is 1.07 bits per heavy atom. The summed E-state index contributed by atoms with van der Waals surface area (Å²) in [5.41, 5.74) is 2.59. The number of anilines is 2. The van der Waals surface area contributed by atoms with Crippen LogP contribution in [0.3, 0.4) is 0 Å². The van der Waals surface area contributed by atoms with Crippen LogP contribution in [0.2, 0.25) is 5.02 Å². The Morgan fingerprint density at radius 2 is 1.81 bits per heavy atom. The van der Waals surface area contributed by atoms with E-state index in [-0.39, 0.29) is 17.7 Å². The lowest BCUT2D eigenvalue weighted by Gasteiger charge is -2.13. The highest BCUT2D eigenvalue weighted by molar-refractivity contribution is 6.34. The number of hydrogen-bond donors (Lipinski definition) is 3. The van der Waals surface area contributed by atoms with Gasteiger partial charge >= 0.3 is 0 Å². The molecule has 5 nitrogen and oxygen atoms in total. The SMILES string of the molecule is CCNCc1ccccc1NC(=O)c1cc(NC(=O)CC(C)C)ccc1Cl. The Kier molecular flexibility index (Phi) is 7.82. The van der Waals surface area contributed by atoms with E-state index < -0.39 is 0 Å². The van der Waals surface area contributed by atoms with Gasteiger partial charge in [-0.15, -0.1) is 0 Å². The molecule has 0 fully saturated rings. The average molecular weight is 388 g/mol. The van der Waals surface area contributed by atoms with Crippen molar-refractivity contribution in [2.45, 2.75) is 33.7 Å². The van der Waals surface area contributed by atoms with Crippen molar-refractivity contribution in [1.82, 2.24) is 5.32 Å². The molecular weight excluding hydrogens is 362 g/mol. The number of halogens is 1. The van der Waals surface area contributed by atoms with Gasteiger partial charge in [0.2, 0.25) is 5.91 Å². The summed E-state index contributed by atoms with van der Waals surface area (Å²) in [5.74, 6) is -0.146. The zero-order valence-electron chi connectivity index (χ0n) is 15.9. The van der Waals surface area contributed by atoms with Crippen LogP contribution in [-0.2, 0) is 11.3 Å². The molecule has 3 N–H and O–H groups in total. The molecule has 2 aromatic carbocycles. The normalized spacial score (nSPS) is 10.7. The Morgan fingerprint density at radius 3 is 2.52 bits per heavy atom. The van der Waals surface area contributed by atoms with E-state index in [0.717, 1.165) is 17.8 Å². The molecule has 0 saturated carbocycles. The van der Waals surface area contributed by atoms with Crippen molar-refractivity contribution in [3.05, 3.63) is 58.6 Å². The number of para-hydroxylation sites is 1. The van der Waals surface area contributed by atoms with Crippen molar-refractivity contribution in [3.8, 4) is 0 Å². The van der Waals surface area contributed by atoms with Gasteiger partial charge in [-0.3, -0.25) is 9.59 Å². The molecule has 0 aliphatic carbocycles. The van der Waals surface area contributed by atoms with E-state index in [1.807, 2.05) is 45.0 Å². The summed E-state index contributed by atoms with van der Waals surface area (Å²) < 4.78 is 0. The molecule has 2 amide bonds. The quantitative estimate of drug-likeness (QED) is 0.615. The number of nitrogens with one attached hydrogen (secondary N) is 3. The fourth-order valence-electron chi connectivity index (χ4n) is 2.61. The van der Waals surface area contributed by atoms with Crippen LogP contribution in [-0.4, -0.2) is 18.4 Å². The average Bonchev–Trinajstić information content (AvgIpc) is 2.61. The van der Waals surface area contributed by atoms with Crippen molar-refractivity contribution in [3.63, 3.8) is 0 Å². The Balaban J connectivity index is 2.17. The van der Waals surface area contributed by atoms with Crippen molar-refractivity contribution in [2.24, 2.45) is 5.92 Å². The Labute approximate surface area is 165 Å². The molecule has 0 aromatic heterocycles. The Hall–Kier alpha value is -2.37. The van der Waals surface area contributed by atoms with Gasteiger partial charge in [-0.25, -0.2) is 0 Å². The summed E-state index contributed by atoms with van der Waals surface area (Å²) in [5, 5.41) is 9.31. The first-order chi connectivity index (χ1) is 12.9. The van der Waals surface area contributed by atoms with E-state index in [1.54, 1.807) is 18.2 Å². The highest BCUT2D eigenvalue weighted by Gasteiger charge is 2.14. The summed E-state index contributed by atoms with van der Waals surface area (Å²) >= 11 is 6.22. The fourth-order valence-corrected chi connectivity index (χ4v) is 2.81. The molecule has 0 aliphatic rings. The van der Waals surface area contributed by atoms with Crippen LogP contribution in [0.15, 0.2) is 42.5 Å². The van der Waals surface area contributed by atoms with Gasteiger partial charge in [-0.2, -0.15) is 0 Å². The van der Waals surface area contributed by atoms with Gasteiger partial charge in [-0.05, 0) is 42.3 Å². The smallest absolute Gasteiger partial charge is 0.257 e. The molecule has 0 heterocycles. The maximum Gasteiger partial charge on any atom is 0.257 e. The monoisotopic (exact) mass is 387 g/mol. The van der Waals surface area contributed by atoms with Crippen LogP contribution in [0.4, 0.5) is 11.4 Å². The van der Waals surface area contributed by atoms with Crippen molar-refractivity contribution < 1.29 is 9.59 Å². The second kappa shape index (κ2) is 10.1. The maximum atomic E-state index is 12.7. The topological polar surface area (TPSA) is 70.2 Å². The molecule has 0 unspecified atom stereocenters. The van der Waals surface area contributed by atoms with Crippen LogP contribution in [0.5, 0.6) is 0 Å². The molecule has 2 rings (SSSR count). The molecule has 0 bridgehead atoms. The highest BCUT2D eigenvalue weighted by Crippen LogP contribution is 2.23. The van der Waals surface area contributed by atoms with E-state index in [2.05, 4.69) is 16.0 Å². The van der Waals surface area contributed by atoms with Gasteiger partial charge in [0, 0.05) is 24.3 Å². The van der Waals surface area contributed by atoms with Crippen LogP contribution in [0.1, 0.15) is 43.1 Å². The van der Waals surface area contributed by atoms with Crippen molar-refractivity contribution in [1.29, 1.82) is 0 Å². The summed E-state index contributed by atoms with van der Waals surface area (Å²) in [7, 11) is 0. The lowest BCUT2D eigenvalue weighted by atomic mass is 10.1. The number of carbonyl (C=O) groups excluding carboxylic acids is 2. The van der Waals surface area contributed by atoms with Crippen LogP contribution in [0.25, 0.3) is 0 Å². The molecule has 0 spiro atoms. The number of rotatable bonds is 8. The standard InChI is InChI=1S/C21H26ClN3O2/c1-4-23-13-15-7-5-6-8-19(15)25-21(27)17-12-16(9-10-18(17)22)24-20(26)11-14(2)3/h5-10,12,14,23H,4,11,13H2,1-3H3,(H,24,26)(H,25,27). The zero-order valence-corrected chi connectivity index (χ0v) is 16.7. The lowest BCUT2D eigenvalue weighted by molar-refractivity contribution is -0.116. The van der Waals surface area contributed by atoms with E-state index >= 15 is 0 Å². The highest BCUT2D eigenvalue weighted by atomic mass is 35.5. The molecule has 0 aliphatic heterocycles. The van der Waals surface area contributed by atoms with E-state index in [1.165, 1.54) is 0 Å². The minimum atomic E-state index is -0.316. The largest absolute Gasteiger partial charge is 0.326 e. The predicted octanol–water partition coefficient (Wildman–Crippen LogP) is 4.69. The molecule has 0 saturated heterocycles. The zero-order chi connectivity index (χ0) is 19.8. The third-order valence-electron chi connectivity index (χ3n) is 3.92. The van der Waals surface area contributed by atoms with Crippen LogP contribution >= 0.6 is 11.6 Å². The number of benzene rings is 2. The third kappa shape index (κ3) is 6.38. The van der Waals surface area contributed by atoms with Gasteiger partial charge in [-0.1, -0.05) is 50.6 Å². The first-order valence-corrected chi connectivity index (χ1v) is 9.47. The summed E-state index contributed by atoms with van der Waals surface area (Å²) in [6.07, 6.45) is 0.419. The summed E-state index contributed by atoms with van der Waals surface area (Å²) in [4.78, 5) is 24.7. The van der Waals surface area contributed by atoms with E-state index in [4.69, 9.17) is 11.6 Å². The minimum absolute atomic E-state index is 0.0883. The molecule has 6 heteroatoms. The van der Waals surface area contributed by atoms with E-state index in [0.29, 0.717) is 29.2 Å². The van der Waals surface area contributed by atoms with Gasteiger partial charge in [0.05, 0.1) is 10.6 Å². The molecule has 0 atom stereocenters. The molecular formula is C21H26ClN3O2. The fraction of sp³-hybridized carbons (Fsp3) is 0.333. The Bertz CT molecular complexity index is 806.